The molecular formula is C20H20N4O4. The molecular weight excluding hydrogens is 360 g/mol. The van der Waals surface area contributed by atoms with Gasteiger partial charge in [-0.05, 0) is 30.3 Å². The zero-order valence-electron chi connectivity index (χ0n) is 15.5. The summed E-state index contributed by atoms with van der Waals surface area (Å²) < 4.78 is 6.52. The minimum absolute atomic E-state index is 0.0375. The Kier molecular flexibility index (Phi) is 5.59. The molecule has 0 atom stereocenters. The molecule has 8 heteroatoms. The first-order valence-corrected chi connectivity index (χ1v) is 8.56. The molecule has 28 heavy (non-hydrogen) atoms. The van der Waals surface area contributed by atoms with E-state index < -0.39 is 5.97 Å². The summed E-state index contributed by atoms with van der Waals surface area (Å²) >= 11 is 0. The lowest BCUT2D eigenvalue weighted by molar-refractivity contribution is -0.116. The summed E-state index contributed by atoms with van der Waals surface area (Å²) in [6.45, 7) is 0.0375. The first-order valence-electron chi connectivity index (χ1n) is 8.56. The summed E-state index contributed by atoms with van der Waals surface area (Å²) in [5.41, 5.74) is 2.38. The van der Waals surface area contributed by atoms with Crippen LogP contribution in [-0.4, -0.2) is 36.6 Å². The van der Waals surface area contributed by atoms with E-state index in [1.165, 1.54) is 14.2 Å². The molecule has 2 aromatic carbocycles. The number of methoxy groups -OCH3 is 1. The fraction of sp³-hybridized carbons (Fsp3) is 0.150. The second kappa shape index (κ2) is 8.26. The number of fused-ring (bicyclic) bond motifs is 1. The van der Waals surface area contributed by atoms with Gasteiger partial charge >= 0.3 is 12.0 Å². The molecule has 0 saturated carbocycles. The van der Waals surface area contributed by atoms with E-state index in [2.05, 4.69) is 16.0 Å². The van der Waals surface area contributed by atoms with Crippen molar-refractivity contribution in [1.29, 1.82) is 0 Å². The van der Waals surface area contributed by atoms with Crippen molar-refractivity contribution in [3.63, 3.8) is 0 Å². The number of nitrogens with zero attached hydrogens (tertiary/aromatic N) is 1. The second-order valence-electron chi connectivity index (χ2n) is 6.01. The summed E-state index contributed by atoms with van der Waals surface area (Å²) in [6, 6.07) is 13.8. The van der Waals surface area contributed by atoms with Crippen molar-refractivity contribution in [3.8, 4) is 0 Å². The van der Waals surface area contributed by atoms with Gasteiger partial charge in [0.1, 0.15) is 6.54 Å². The fourth-order valence-corrected chi connectivity index (χ4v) is 2.84. The molecule has 0 bridgehead atoms. The Morgan fingerprint density at radius 3 is 2.25 bits per heavy atom. The highest BCUT2D eigenvalue weighted by Gasteiger charge is 2.16. The van der Waals surface area contributed by atoms with Gasteiger partial charge in [0.15, 0.2) is 0 Å². The van der Waals surface area contributed by atoms with E-state index >= 15 is 0 Å². The van der Waals surface area contributed by atoms with Crippen LogP contribution in [0.3, 0.4) is 0 Å². The highest BCUT2D eigenvalue weighted by atomic mass is 16.5. The number of benzene rings is 2. The van der Waals surface area contributed by atoms with Crippen LogP contribution >= 0.6 is 0 Å². The number of ether oxygens (including phenoxy) is 1. The lowest BCUT2D eigenvalue weighted by Gasteiger charge is -2.09. The number of para-hydroxylation sites is 1. The Balaban J connectivity index is 1.73. The normalized spacial score (nSPS) is 10.4. The predicted molar refractivity (Wildman–Crippen MR) is 106 cm³/mol. The summed E-state index contributed by atoms with van der Waals surface area (Å²) in [4.78, 5) is 35.7. The van der Waals surface area contributed by atoms with Gasteiger partial charge in [-0.1, -0.05) is 18.2 Å². The maximum atomic E-state index is 12.5. The van der Waals surface area contributed by atoms with E-state index in [1.54, 1.807) is 35.0 Å². The number of amides is 3. The van der Waals surface area contributed by atoms with Crippen molar-refractivity contribution >= 4 is 40.2 Å². The zero-order chi connectivity index (χ0) is 20.1. The largest absolute Gasteiger partial charge is 0.465 e. The first kappa shape index (κ1) is 19.0. The third kappa shape index (κ3) is 4.12. The van der Waals surface area contributed by atoms with E-state index in [0.29, 0.717) is 16.9 Å². The van der Waals surface area contributed by atoms with Crippen molar-refractivity contribution in [1.82, 2.24) is 9.88 Å². The maximum Gasteiger partial charge on any atom is 0.340 e. The molecule has 8 nitrogen and oxygen atoms in total. The Morgan fingerprint density at radius 1 is 0.964 bits per heavy atom. The van der Waals surface area contributed by atoms with E-state index in [9.17, 15) is 14.4 Å². The smallest absolute Gasteiger partial charge is 0.340 e. The van der Waals surface area contributed by atoms with Crippen LogP contribution in [0, 0.1) is 0 Å². The number of hydrogen-bond acceptors (Lipinski definition) is 4. The average Bonchev–Trinajstić information content (AvgIpc) is 3.07. The Labute approximate surface area is 161 Å². The minimum Gasteiger partial charge on any atom is -0.465 e. The number of hydrogen-bond donors (Lipinski definition) is 3. The third-order valence-electron chi connectivity index (χ3n) is 4.16. The highest BCUT2D eigenvalue weighted by Crippen LogP contribution is 2.22. The number of aromatic nitrogens is 1. The van der Waals surface area contributed by atoms with Gasteiger partial charge in [0.2, 0.25) is 5.91 Å². The molecule has 3 aromatic rings. The molecule has 0 radical (unpaired) electrons. The molecule has 0 saturated heterocycles. The lowest BCUT2D eigenvalue weighted by atomic mass is 10.2. The topological polar surface area (TPSA) is 101 Å². The van der Waals surface area contributed by atoms with Crippen LogP contribution in [0.4, 0.5) is 16.2 Å². The molecule has 1 aromatic heterocycles. The molecule has 0 aliphatic carbocycles. The van der Waals surface area contributed by atoms with Gasteiger partial charge in [0.25, 0.3) is 0 Å². The quantitative estimate of drug-likeness (QED) is 0.593. The van der Waals surface area contributed by atoms with Gasteiger partial charge in [-0.25, -0.2) is 9.59 Å². The molecule has 3 N–H and O–H groups in total. The summed E-state index contributed by atoms with van der Waals surface area (Å²) in [5, 5.41) is 8.63. The fourth-order valence-electron chi connectivity index (χ4n) is 2.84. The van der Waals surface area contributed by atoms with Gasteiger partial charge in [0, 0.05) is 35.5 Å². The molecule has 0 aliphatic rings. The van der Waals surface area contributed by atoms with E-state index in [4.69, 9.17) is 4.74 Å². The minimum atomic E-state index is -0.449. The highest BCUT2D eigenvalue weighted by molar-refractivity contribution is 6.05. The average molecular weight is 380 g/mol. The molecule has 0 spiro atoms. The van der Waals surface area contributed by atoms with Crippen molar-refractivity contribution in [2.45, 2.75) is 6.54 Å². The van der Waals surface area contributed by atoms with Crippen LogP contribution in [0.25, 0.3) is 10.9 Å². The lowest BCUT2D eigenvalue weighted by Crippen LogP contribution is -2.24. The van der Waals surface area contributed by atoms with Crippen LogP contribution in [-0.2, 0) is 16.1 Å². The van der Waals surface area contributed by atoms with Gasteiger partial charge in [0.05, 0.1) is 12.7 Å². The van der Waals surface area contributed by atoms with E-state index in [1.807, 2.05) is 24.3 Å². The summed E-state index contributed by atoms with van der Waals surface area (Å²) in [7, 11) is 2.85. The van der Waals surface area contributed by atoms with Crippen LogP contribution in [0.2, 0.25) is 0 Å². The SMILES string of the molecule is CNC(=O)Nc1ccc(NC(=O)Cn2cc(C(=O)OC)c3ccccc32)cc1. The number of anilines is 2. The summed E-state index contributed by atoms with van der Waals surface area (Å²) in [6.07, 6.45) is 1.62. The number of rotatable bonds is 5. The number of carbonyl (C=O) groups excluding carboxylic acids is 3. The zero-order valence-corrected chi connectivity index (χ0v) is 15.5. The molecule has 3 rings (SSSR count). The predicted octanol–water partition coefficient (Wildman–Crippen LogP) is 2.82. The Bertz CT molecular complexity index is 1020. The van der Waals surface area contributed by atoms with Gasteiger partial charge in [-0.3, -0.25) is 4.79 Å². The molecule has 3 amide bonds. The van der Waals surface area contributed by atoms with Crippen LogP contribution in [0.15, 0.2) is 54.7 Å². The van der Waals surface area contributed by atoms with Crippen LogP contribution in [0.1, 0.15) is 10.4 Å². The Hall–Kier alpha value is -3.81. The van der Waals surface area contributed by atoms with Gasteiger partial charge < -0.3 is 25.3 Å². The standard InChI is InChI=1S/C20H20N4O4/c1-21-20(27)23-14-9-7-13(8-10-14)22-18(25)12-24-11-16(19(26)28-2)15-5-3-4-6-17(15)24/h3-11H,12H2,1-2H3,(H,22,25)(H2,21,23,27). The van der Waals surface area contributed by atoms with Crippen molar-refractivity contribution in [2.24, 2.45) is 0 Å². The first-order chi connectivity index (χ1) is 13.5. The number of urea groups is 1. The molecule has 0 aliphatic heterocycles. The third-order valence-corrected chi connectivity index (χ3v) is 4.16. The molecule has 1 heterocycles. The molecule has 0 unspecified atom stereocenters. The summed E-state index contributed by atoms with van der Waals surface area (Å²) in [5.74, 6) is -0.696. The van der Waals surface area contributed by atoms with E-state index in [0.717, 1.165) is 10.9 Å². The number of esters is 1. The van der Waals surface area contributed by atoms with Crippen molar-refractivity contribution in [3.05, 3.63) is 60.3 Å². The second-order valence-corrected chi connectivity index (χ2v) is 6.01. The monoisotopic (exact) mass is 380 g/mol. The number of carbonyl (C=O) groups is 3. The van der Waals surface area contributed by atoms with Crippen molar-refractivity contribution in [2.75, 3.05) is 24.8 Å². The van der Waals surface area contributed by atoms with Crippen LogP contribution < -0.4 is 16.0 Å². The van der Waals surface area contributed by atoms with Crippen LogP contribution in [0.5, 0.6) is 0 Å². The van der Waals surface area contributed by atoms with Gasteiger partial charge in [-0.15, -0.1) is 0 Å². The maximum absolute atomic E-state index is 12.5. The van der Waals surface area contributed by atoms with Gasteiger partial charge in [-0.2, -0.15) is 0 Å². The van der Waals surface area contributed by atoms with E-state index in [-0.39, 0.29) is 18.5 Å². The Morgan fingerprint density at radius 2 is 1.61 bits per heavy atom. The molecule has 144 valence electrons. The van der Waals surface area contributed by atoms with Crippen molar-refractivity contribution < 1.29 is 19.1 Å². The number of nitrogens with one attached hydrogen (secondary N) is 3. The molecule has 0 fully saturated rings.